The minimum absolute atomic E-state index is 0.0633. The molecule has 1 aromatic rings. The second kappa shape index (κ2) is 6.27. The fourth-order valence-corrected chi connectivity index (χ4v) is 3.34. The number of hydrogen-bond donors (Lipinski definition) is 1. The van der Waals surface area contributed by atoms with Crippen molar-refractivity contribution in [1.29, 1.82) is 0 Å². The number of benzene rings is 1. The van der Waals surface area contributed by atoms with Gasteiger partial charge in [0, 0.05) is 6.04 Å². The van der Waals surface area contributed by atoms with E-state index in [1.165, 1.54) is 11.1 Å². The molecule has 1 aliphatic heterocycles. The Labute approximate surface area is 156 Å². The van der Waals surface area contributed by atoms with Gasteiger partial charge in [0.15, 0.2) is 0 Å². The van der Waals surface area contributed by atoms with E-state index in [0.29, 0.717) is 0 Å². The van der Waals surface area contributed by atoms with Gasteiger partial charge in [0.05, 0.1) is 11.2 Å². The van der Waals surface area contributed by atoms with Gasteiger partial charge in [-0.2, -0.15) is 0 Å². The Kier molecular flexibility index (Phi) is 4.64. The summed E-state index contributed by atoms with van der Waals surface area (Å²) in [4.78, 5) is 12.0. The number of carbonyl (C=O) groups is 1. The van der Waals surface area contributed by atoms with Crippen LogP contribution >= 0.6 is 0 Å². The Morgan fingerprint density at radius 2 is 1.69 bits per heavy atom. The zero-order valence-corrected chi connectivity index (χ0v) is 16.9. The maximum Gasteiger partial charge on any atom is 0.494 e. The number of amides is 1. The van der Waals surface area contributed by atoms with Crippen molar-refractivity contribution in [2.45, 2.75) is 84.2 Å². The van der Waals surface area contributed by atoms with Crippen LogP contribution in [0, 0.1) is 0 Å². The lowest BCUT2D eigenvalue weighted by atomic mass is 9.78. The monoisotopic (exact) mass is 359 g/mol. The topological polar surface area (TPSA) is 56.8 Å². The molecular weight excluding hydrogens is 329 g/mol. The second-order valence-corrected chi connectivity index (χ2v) is 9.37. The molecule has 1 aliphatic carbocycles. The Morgan fingerprint density at radius 3 is 2.27 bits per heavy atom. The molecule has 1 atom stereocenters. The molecule has 6 heteroatoms. The van der Waals surface area contributed by atoms with Gasteiger partial charge in [-0.1, -0.05) is 18.2 Å². The molecule has 26 heavy (non-hydrogen) atoms. The Hall–Kier alpha value is -1.53. The summed E-state index contributed by atoms with van der Waals surface area (Å²) < 4.78 is 17.6. The van der Waals surface area contributed by atoms with Gasteiger partial charge in [-0.3, -0.25) is 0 Å². The maximum atomic E-state index is 12.0. The zero-order valence-electron chi connectivity index (χ0n) is 16.9. The van der Waals surface area contributed by atoms with Gasteiger partial charge in [-0.15, -0.1) is 0 Å². The van der Waals surface area contributed by atoms with Crippen molar-refractivity contribution in [1.82, 2.24) is 5.32 Å². The third-order valence-electron chi connectivity index (χ3n) is 5.41. The fourth-order valence-electron chi connectivity index (χ4n) is 3.34. The summed E-state index contributed by atoms with van der Waals surface area (Å²) in [5, 5.41) is 2.97. The molecule has 1 fully saturated rings. The van der Waals surface area contributed by atoms with E-state index in [1.54, 1.807) is 0 Å². The molecule has 0 aromatic heterocycles. The molecule has 3 rings (SSSR count). The highest BCUT2D eigenvalue weighted by atomic mass is 16.7. The first kappa shape index (κ1) is 19.2. The number of fused-ring (bicyclic) bond motifs is 1. The summed E-state index contributed by atoms with van der Waals surface area (Å²) in [6, 6.07) is 6.39. The molecule has 0 radical (unpaired) electrons. The van der Waals surface area contributed by atoms with Crippen molar-refractivity contribution >= 4 is 18.7 Å². The third kappa shape index (κ3) is 3.91. The van der Waals surface area contributed by atoms with Gasteiger partial charge < -0.3 is 19.4 Å². The van der Waals surface area contributed by atoms with E-state index in [0.717, 1.165) is 18.3 Å². The summed E-state index contributed by atoms with van der Waals surface area (Å²) in [6.07, 6.45) is 1.25. The smallest absolute Gasteiger partial charge is 0.444 e. The second-order valence-electron chi connectivity index (χ2n) is 9.37. The Bertz CT molecular complexity index is 692. The Balaban J connectivity index is 1.67. The lowest BCUT2D eigenvalue weighted by Gasteiger charge is -2.32. The SMILES string of the molecule is CC(C)(C)OC(=O)NC1Cc2ccc(B3OC(C)(C)C(C)(C)O3)cc2C1. The van der Waals surface area contributed by atoms with E-state index in [9.17, 15) is 4.79 Å². The molecule has 5 nitrogen and oxygen atoms in total. The fraction of sp³-hybridized carbons (Fsp3) is 0.650. The lowest BCUT2D eigenvalue weighted by Crippen LogP contribution is -2.41. The molecule has 1 aromatic carbocycles. The van der Waals surface area contributed by atoms with Crippen LogP contribution in [-0.2, 0) is 26.9 Å². The summed E-state index contributed by atoms with van der Waals surface area (Å²) in [6.45, 7) is 13.8. The molecule has 1 N–H and O–H groups in total. The molecule has 0 bridgehead atoms. The minimum atomic E-state index is -0.487. The number of rotatable bonds is 2. The van der Waals surface area contributed by atoms with Crippen molar-refractivity contribution in [2.24, 2.45) is 0 Å². The minimum Gasteiger partial charge on any atom is -0.444 e. The van der Waals surface area contributed by atoms with Crippen LogP contribution in [0.2, 0.25) is 0 Å². The normalized spacial score (nSPS) is 23.7. The summed E-state index contributed by atoms with van der Waals surface area (Å²) >= 11 is 0. The van der Waals surface area contributed by atoms with E-state index in [2.05, 4.69) is 51.2 Å². The first-order valence-electron chi connectivity index (χ1n) is 9.33. The highest BCUT2D eigenvalue weighted by Crippen LogP contribution is 2.36. The molecule has 1 amide bonds. The van der Waals surface area contributed by atoms with Crippen molar-refractivity contribution in [3.63, 3.8) is 0 Å². The van der Waals surface area contributed by atoms with E-state index in [1.807, 2.05) is 20.8 Å². The van der Waals surface area contributed by atoms with Gasteiger partial charge in [-0.25, -0.2) is 4.79 Å². The Morgan fingerprint density at radius 1 is 1.12 bits per heavy atom. The first-order chi connectivity index (χ1) is 11.9. The largest absolute Gasteiger partial charge is 0.494 e. The van der Waals surface area contributed by atoms with E-state index in [4.69, 9.17) is 14.0 Å². The molecule has 1 saturated heterocycles. The van der Waals surface area contributed by atoms with Crippen LogP contribution in [0.4, 0.5) is 4.79 Å². The van der Waals surface area contributed by atoms with E-state index >= 15 is 0 Å². The van der Waals surface area contributed by atoms with Crippen molar-refractivity contribution in [3.8, 4) is 0 Å². The van der Waals surface area contributed by atoms with E-state index in [-0.39, 0.29) is 30.5 Å². The standard InChI is InChI=1S/C20H30BNO4/c1-18(2,3)24-17(23)22-16-11-13-8-9-15(10-14(13)12-16)21-25-19(4,5)20(6,7)26-21/h8-10,16H,11-12H2,1-7H3,(H,22,23). The van der Waals surface area contributed by atoms with Gasteiger partial charge in [0.25, 0.3) is 0 Å². The van der Waals surface area contributed by atoms with Gasteiger partial charge in [-0.05, 0) is 77.9 Å². The molecule has 0 saturated carbocycles. The van der Waals surface area contributed by atoms with Crippen LogP contribution in [0.25, 0.3) is 0 Å². The number of carbonyl (C=O) groups excluding carboxylic acids is 1. The lowest BCUT2D eigenvalue weighted by molar-refractivity contribution is 0.00578. The molecular formula is C20H30BNO4. The van der Waals surface area contributed by atoms with Crippen molar-refractivity contribution < 1.29 is 18.8 Å². The maximum absolute atomic E-state index is 12.0. The van der Waals surface area contributed by atoms with Crippen molar-refractivity contribution in [2.75, 3.05) is 0 Å². The predicted octanol–water partition coefficient (Wildman–Crippen LogP) is 2.98. The number of alkyl carbamates (subject to hydrolysis) is 1. The highest BCUT2D eigenvalue weighted by molar-refractivity contribution is 6.62. The molecule has 1 heterocycles. The number of ether oxygens (including phenoxy) is 1. The predicted molar refractivity (Wildman–Crippen MR) is 103 cm³/mol. The van der Waals surface area contributed by atoms with Gasteiger partial charge in [0.1, 0.15) is 5.60 Å². The molecule has 0 spiro atoms. The van der Waals surface area contributed by atoms with Crippen molar-refractivity contribution in [3.05, 3.63) is 29.3 Å². The third-order valence-corrected chi connectivity index (χ3v) is 5.41. The van der Waals surface area contributed by atoms with Crippen LogP contribution in [0.15, 0.2) is 18.2 Å². The average Bonchev–Trinajstić information content (AvgIpc) is 2.93. The van der Waals surface area contributed by atoms with Crippen LogP contribution in [0.1, 0.15) is 59.6 Å². The highest BCUT2D eigenvalue weighted by Gasteiger charge is 2.51. The van der Waals surface area contributed by atoms with Gasteiger partial charge in [0.2, 0.25) is 0 Å². The average molecular weight is 359 g/mol. The number of hydrogen-bond acceptors (Lipinski definition) is 4. The van der Waals surface area contributed by atoms with Crippen LogP contribution in [-0.4, -0.2) is 36.1 Å². The molecule has 2 aliphatic rings. The van der Waals surface area contributed by atoms with E-state index < -0.39 is 5.60 Å². The number of nitrogens with one attached hydrogen (secondary N) is 1. The van der Waals surface area contributed by atoms with Crippen LogP contribution < -0.4 is 10.8 Å². The summed E-state index contributed by atoms with van der Waals surface area (Å²) in [7, 11) is -0.358. The molecule has 142 valence electrons. The first-order valence-corrected chi connectivity index (χ1v) is 9.33. The summed E-state index contributed by atoms with van der Waals surface area (Å²) in [5.41, 5.74) is 2.33. The quantitative estimate of drug-likeness (QED) is 0.825. The zero-order chi connectivity index (χ0) is 19.3. The summed E-state index contributed by atoms with van der Waals surface area (Å²) in [5.74, 6) is 0. The van der Waals surface area contributed by atoms with Gasteiger partial charge >= 0.3 is 13.2 Å². The van der Waals surface area contributed by atoms with Crippen LogP contribution in [0.5, 0.6) is 0 Å². The van der Waals surface area contributed by atoms with Crippen LogP contribution in [0.3, 0.4) is 0 Å². The molecule has 1 unspecified atom stereocenters.